The van der Waals surface area contributed by atoms with Gasteiger partial charge >= 0.3 is 0 Å². The molecule has 3 aromatic carbocycles. The van der Waals surface area contributed by atoms with E-state index in [-0.39, 0.29) is 0 Å². The molecule has 1 aliphatic heterocycles. The summed E-state index contributed by atoms with van der Waals surface area (Å²) in [6, 6.07) is 24.6. The van der Waals surface area contributed by atoms with Gasteiger partial charge in [0.2, 0.25) is 0 Å². The first-order valence-electron chi connectivity index (χ1n) is 10.2. The van der Waals surface area contributed by atoms with Crippen LogP contribution in [0.5, 0.6) is 0 Å². The maximum atomic E-state index is 10.9. The lowest BCUT2D eigenvalue weighted by Crippen LogP contribution is -2.18. The van der Waals surface area contributed by atoms with Crippen molar-refractivity contribution in [2.45, 2.75) is 32.8 Å². The SMILES string of the molecule is CCc1ccc(C2=Nc3ccccc3NC2=CC(O)c2ccc(CC)cc2)cc1. The minimum absolute atomic E-state index is 0.714. The second-order valence-electron chi connectivity index (χ2n) is 7.27. The van der Waals surface area contributed by atoms with E-state index in [2.05, 4.69) is 55.6 Å². The number of benzene rings is 3. The molecule has 0 amide bonds. The molecule has 0 aromatic heterocycles. The molecular formula is C26H26N2O. The summed E-state index contributed by atoms with van der Waals surface area (Å²) in [5.41, 5.74) is 7.97. The Morgan fingerprint density at radius 2 is 1.48 bits per heavy atom. The number of nitrogens with zero attached hydrogens (tertiary/aromatic N) is 1. The van der Waals surface area contributed by atoms with Crippen LogP contribution in [0.4, 0.5) is 11.4 Å². The second kappa shape index (κ2) is 8.46. The number of nitrogens with one attached hydrogen (secondary N) is 1. The van der Waals surface area contributed by atoms with E-state index in [1.807, 2.05) is 42.5 Å². The Hall–Kier alpha value is -3.17. The molecule has 0 aliphatic carbocycles. The van der Waals surface area contributed by atoms with Crippen LogP contribution in [0.15, 0.2) is 89.6 Å². The van der Waals surface area contributed by atoms with Crippen LogP contribution in [0, 0.1) is 0 Å². The maximum Gasteiger partial charge on any atom is 0.0995 e. The van der Waals surface area contributed by atoms with E-state index < -0.39 is 6.10 Å². The molecule has 1 heterocycles. The molecule has 2 N–H and O–H groups in total. The second-order valence-corrected chi connectivity index (χ2v) is 7.27. The van der Waals surface area contributed by atoms with Crippen molar-refractivity contribution in [2.75, 3.05) is 5.32 Å². The highest BCUT2D eigenvalue weighted by molar-refractivity contribution is 6.17. The Morgan fingerprint density at radius 3 is 2.14 bits per heavy atom. The number of aryl methyl sites for hydroxylation is 2. The third-order valence-corrected chi connectivity index (χ3v) is 5.35. The summed E-state index contributed by atoms with van der Waals surface area (Å²) in [5, 5.41) is 14.3. The van der Waals surface area contributed by atoms with Crippen LogP contribution >= 0.6 is 0 Å². The number of fused-ring (bicyclic) bond motifs is 1. The first-order chi connectivity index (χ1) is 14.2. The summed E-state index contributed by atoms with van der Waals surface area (Å²) < 4.78 is 0. The molecule has 0 fully saturated rings. The van der Waals surface area contributed by atoms with Gasteiger partial charge in [-0.2, -0.15) is 0 Å². The van der Waals surface area contributed by atoms with Gasteiger partial charge in [-0.3, -0.25) is 0 Å². The molecule has 0 spiro atoms. The fourth-order valence-corrected chi connectivity index (χ4v) is 3.51. The van der Waals surface area contributed by atoms with E-state index in [0.29, 0.717) is 0 Å². The average Bonchev–Trinajstić information content (AvgIpc) is 2.78. The van der Waals surface area contributed by atoms with Gasteiger partial charge in [-0.05, 0) is 47.7 Å². The standard InChI is InChI=1S/C26H26N2O/c1-3-18-9-13-20(14-10-18)25(29)17-24-26(21-15-11-19(4-2)12-16-21)28-23-8-6-5-7-22(23)27-24/h5-17,25,27,29H,3-4H2,1-2H3. The zero-order valence-corrected chi connectivity index (χ0v) is 16.9. The number of hydrogen-bond donors (Lipinski definition) is 2. The van der Waals surface area contributed by atoms with Crippen LogP contribution in [0.25, 0.3) is 0 Å². The Kier molecular flexibility index (Phi) is 5.59. The molecule has 0 saturated carbocycles. The maximum absolute atomic E-state index is 10.9. The van der Waals surface area contributed by atoms with E-state index in [1.165, 1.54) is 11.1 Å². The van der Waals surface area contributed by atoms with Gasteiger partial charge < -0.3 is 10.4 Å². The van der Waals surface area contributed by atoms with Gasteiger partial charge in [-0.1, -0.05) is 74.5 Å². The predicted molar refractivity (Wildman–Crippen MR) is 121 cm³/mol. The Labute approximate surface area is 172 Å². The van der Waals surface area contributed by atoms with Gasteiger partial charge in [0.25, 0.3) is 0 Å². The highest BCUT2D eigenvalue weighted by Crippen LogP contribution is 2.33. The zero-order valence-electron chi connectivity index (χ0n) is 16.9. The number of anilines is 1. The molecule has 29 heavy (non-hydrogen) atoms. The van der Waals surface area contributed by atoms with Crippen molar-refractivity contribution < 1.29 is 5.11 Å². The number of hydrogen-bond acceptors (Lipinski definition) is 3. The molecule has 0 bridgehead atoms. The van der Waals surface area contributed by atoms with Crippen LogP contribution in [-0.4, -0.2) is 10.8 Å². The van der Waals surface area contributed by atoms with Crippen molar-refractivity contribution in [3.05, 3.63) is 107 Å². The molecule has 3 aromatic rings. The van der Waals surface area contributed by atoms with Gasteiger partial charge in [0, 0.05) is 5.56 Å². The van der Waals surface area contributed by atoms with Crippen LogP contribution in [-0.2, 0) is 12.8 Å². The third-order valence-electron chi connectivity index (χ3n) is 5.35. The van der Waals surface area contributed by atoms with Crippen LogP contribution < -0.4 is 5.32 Å². The molecule has 4 rings (SSSR count). The number of allylic oxidation sites excluding steroid dienone is 1. The Bertz CT molecular complexity index is 1050. The first-order valence-corrected chi connectivity index (χ1v) is 10.2. The summed E-state index contributed by atoms with van der Waals surface area (Å²) in [6.45, 7) is 4.28. The zero-order chi connectivity index (χ0) is 20.2. The lowest BCUT2D eigenvalue weighted by Gasteiger charge is -2.22. The quantitative estimate of drug-likeness (QED) is 0.570. The monoisotopic (exact) mass is 382 g/mol. The van der Waals surface area contributed by atoms with Gasteiger partial charge in [0.1, 0.15) is 0 Å². The third kappa shape index (κ3) is 4.15. The topological polar surface area (TPSA) is 44.6 Å². The predicted octanol–water partition coefficient (Wildman–Crippen LogP) is 5.98. The van der Waals surface area contributed by atoms with Gasteiger partial charge in [-0.15, -0.1) is 0 Å². The van der Waals surface area contributed by atoms with Gasteiger partial charge in [-0.25, -0.2) is 4.99 Å². The van der Waals surface area contributed by atoms with Crippen molar-refractivity contribution in [2.24, 2.45) is 4.99 Å². The lowest BCUT2D eigenvalue weighted by molar-refractivity contribution is 0.228. The number of aliphatic hydroxyl groups excluding tert-OH is 1. The van der Waals surface area contributed by atoms with Crippen LogP contribution in [0.1, 0.15) is 42.2 Å². The molecule has 1 atom stereocenters. The minimum atomic E-state index is -0.714. The fraction of sp³-hybridized carbons (Fsp3) is 0.192. The molecule has 146 valence electrons. The van der Waals surface area contributed by atoms with Crippen molar-refractivity contribution in [1.82, 2.24) is 0 Å². The number of aliphatic hydroxyl groups is 1. The normalized spacial score (nSPS) is 15.4. The van der Waals surface area contributed by atoms with E-state index in [4.69, 9.17) is 4.99 Å². The minimum Gasteiger partial charge on any atom is -0.384 e. The molecular weight excluding hydrogens is 356 g/mol. The molecule has 1 aliphatic rings. The molecule has 0 saturated heterocycles. The highest BCUT2D eigenvalue weighted by Gasteiger charge is 2.19. The molecule has 0 radical (unpaired) electrons. The Balaban J connectivity index is 1.73. The lowest BCUT2D eigenvalue weighted by atomic mass is 9.99. The van der Waals surface area contributed by atoms with E-state index >= 15 is 0 Å². The summed E-state index contributed by atoms with van der Waals surface area (Å²) in [7, 11) is 0. The summed E-state index contributed by atoms with van der Waals surface area (Å²) >= 11 is 0. The van der Waals surface area contributed by atoms with E-state index in [1.54, 1.807) is 0 Å². The molecule has 1 unspecified atom stereocenters. The largest absolute Gasteiger partial charge is 0.384 e. The van der Waals surface area contributed by atoms with Crippen LogP contribution in [0.3, 0.4) is 0 Å². The van der Waals surface area contributed by atoms with Gasteiger partial charge in [0.15, 0.2) is 0 Å². The Morgan fingerprint density at radius 1 is 0.862 bits per heavy atom. The smallest absolute Gasteiger partial charge is 0.0995 e. The summed E-state index contributed by atoms with van der Waals surface area (Å²) in [6.07, 6.45) is 3.13. The fourth-order valence-electron chi connectivity index (χ4n) is 3.51. The van der Waals surface area contributed by atoms with Crippen molar-refractivity contribution in [3.63, 3.8) is 0 Å². The first kappa shape index (κ1) is 19.2. The van der Waals surface area contributed by atoms with Crippen molar-refractivity contribution in [3.8, 4) is 0 Å². The highest BCUT2D eigenvalue weighted by atomic mass is 16.3. The van der Waals surface area contributed by atoms with Crippen LogP contribution in [0.2, 0.25) is 0 Å². The number of rotatable bonds is 5. The molecule has 3 nitrogen and oxygen atoms in total. The number of para-hydroxylation sites is 2. The summed E-state index contributed by atoms with van der Waals surface area (Å²) in [5.74, 6) is 0. The van der Waals surface area contributed by atoms with Crippen molar-refractivity contribution in [1.29, 1.82) is 0 Å². The van der Waals surface area contributed by atoms with E-state index in [9.17, 15) is 5.11 Å². The van der Waals surface area contributed by atoms with Gasteiger partial charge in [0.05, 0.1) is 28.9 Å². The van der Waals surface area contributed by atoms with Crippen molar-refractivity contribution >= 4 is 17.1 Å². The average molecular weight is 383 g/mol. The molecule has 3 heteroatoms. The summed E-state index contributed by atoms with van der Waals surface area (Å²) in [4.78, 5) is 4.90. The number of aliphatic imine (C=N–C) groups is 1. The van der Waals surface area contributed by atoms with E-state index in [0.717, 1.165) is 46.8 Å².